The number of benzene rings is 2. The molecule has 0 aliphatic carbocycles. The Bertz CT molecular complexity index is 718. The molecule has 146 valence electrons. The molecule has 0 spiro atoms. The molecule has 0 atom stereocenters. The Balaban J connectivity index is 0.000000244. The monoisotopic (exact) mass is 374 g/mol. The minimum atomic E-state index is -0.611. The van der Waals surface area contributed by atoms with Crippen LogP contribution in [0.5, 0.6) is 5.75 Å². The van der Waals surface area contributed by atoms with Gasteiger partial charge in [-0.05, 0) is 51.5 Å². The Morgan fingerprint density at radius 1 is 0.926 bits per heavy atom. The molecular weight excluding hydrogens is 346 g/mol. The summed E-state index contributed by atoms with van der Waals surface area (Å²) in [5.41, 5.74) is 0.903. The fourth-order valence-electron chi connectivity index (χ4n) is 2.60. The van der Waals surface area contributed by atoms with E-state index in [0.29, 0.717) is 17.8 Å². The number of hydrogen-bond donors (Lipinski definition) is 0. The summed E-state index contributed by atoms with van der Waals surface area (Å²) in [6.07, 6.45) is 0. The fourth-order valence-corrected chi connectivity index (χ4v) is 2.60. The maximum Gasteiger partial charge on any atom is 0.498 e. The Kier molecular flexibility index (Phi) is 7.03. The van der Waals surface area contributed by atoms with Crippen molar-refractivity contribution >= 4 is 12.6 Å². The quantitative estimate of drug-likeness (QED) is 0.759. The second kappa shape index (κ2) is 8.87. The van der Waals surface area contributed by atoms with Crippen LogP contribution in [0.1, 0.15) is 33.3 Å². The fraction of sp³-hybridized carbons (Fsp3) is 0.429. The van der Waals surface area contributed by atoms with Crippen LogP contribution in [0.3, 0.4) is 0 Å². The van der Waals surface area contributed by atoms with Crippen LogP contribution in [0, 0.1) is 5.82 Å². The third-order valence-electron chi connectivity index (χ3n) is 4.85. The Labute approximate surface area is 161 Å². The predicted octanol–water partition coefficient (Wildman–Crippen LogP) is 3.97. The highest BCUT2D eigenvalue weighted by Gasteiger charge is 2.52. The van der Waals surface area contributed by atoms with Crippen LogP contribution in [0.15, 0.2) is 48.5 Å². The number of methoxy groups -OCH3 is 2. The second-order valence-electron chi connectivity index (χ2n) is 7.39. The van der Waals surface area contributed by atoms with Crippen LogP contribution in [-0.4, -0.2) is 32.5 Å². The Morgan fingerprint density at radius 2 is 1.52 bits per heavy atom. The van der Waals surface area contributed by atoms with E-state index >= 15 is 0 Å². The highest BCUT2D eigenvalue weighted by atomic mass is 19.1. The maximum absolute atomic E-state index is 13.4. The minimum Gasteiger partial charge on any atom is -0.497 e. The van der Waals surface area contributed by atoms with Crippen molar-refractivity contribution < 1.29 is 23.2 Å². The lowest BCUT2D eigenvalue weighted by molar-refractivity contribution is 0.00578. The average molecular weight is 374 g/mol. The molecular formula is C21H28BFO4. The summed E-state index contributed by atoms with van der Waals surface area (Å²) in [5, 5.41) is 0. The molecule has 1 saturated heterocycles. The molecule has 0 unspecified atom stereocenters. The van der Waals surface area contributed by atoms with Crippen LogP contribution in [0.2, 0.25) is 0 Å². The van der Waals surface area contributed by atoms with Gasteiger partial charge in [0, 0.05) is 12.6 Å². The molecule has 0 N–H and O–H groups in total. The van der Waals surface area contributed by atoms with Crippen LogP contribution in [-0.2, 0) is 20.7 Å². The first kappa shape index (κ1) is 21.4. The van der Waals surface area contributed by atoms with Gasteiger partial charge in [-0.1, -0.05) is 30.3 Å². The van der Waals surface area contributed by atoms with E-state index in [0.717, 1.165) is 0 Å². The van der Waals surface area contributed by atoms with E-state index in [1.54, 1.807) is 20.3 Å². The van der Waals surface area contributed by atoms with Crippen LogP contribution >= 0.6 is 0 Å². The van der Waals surface area contributed by atoms with Gasteiger partial charge in [-0.3, -0.25) is 0 Å². The smallest absolute Gasteiger partial charge is 0.497 e. The van der Waals surface area contributed by atoms with Crippen molar-refractivity contribution in [2.24, 2.45) is 0 Å². The number of ether oxygens (including phenoxy) is 2. The number of rotatable bonds is 4. The summed E-state index contributed by atoms with van der Waals surface area (Å²) in [6, 6.07) is 14.4. The molecule has 0 saturated carbocycles. The van der Waals surface area contributed by atoms with Crippen molar-refractivity contribution in [3.05, 3.63) is 59.9 Å². The van der Waals surface area contributed by atoms with Crippen LogP contribution in [0.4, 0.5) is 4.39 Å². The Hall–Kier alpha value is -1.89. The molecule has 3 rings (SSSR count). The van der Waals surface area contributed by atoms with Gasteiger partial charge >= 0.3 is 7.12 Å². The third-order valence-corrected chi connectivity index (χ3v) is 4.85. The molecule has 0 amide bonds. The molecule has 1 heterocycles. The zero-order valence-electron chi connectivity index (χ0n) is 16.9. The molecule has 6 heteroatoms. The Morgan fingerprint density at radius 3 is 2.04 bits per heavy atom. The van der Waals surface area contributed by atoms with E-state index < -0.39 is 18.3 Å². The molecule has 1 aliphatic heterocycles. The molecule has 2 aromatic rings. The van der Waals surface area contributed by atoms with Gasteiger partial charge in [-0.25, -0.2) is 4.39 Å². The highest BCUT2D eigenvalue weighted by Crippen LogP contribution is 2.37. The van der Waals surface area contributed by atoms with Crippen molar-refractivity contribution in [2.75, 3.05) is 14.2 Å². The lowest BCUT2D eigenvalue weighted by Gasteiger charge is -2.32. The van der Waals surface area contributed by atoms with Crippen molar-refractivity contribution in [2.45, 2.75) is 45.5 Å². The second-order valence-corrected chi connectivity index (χ2v) is 7.39. The summed E-state index contributed by atoms with van der Waals surface area (Å²) in [6.45, 7) is 8.54. The van der Waals surface area contributed by atoms with Crippen LogP contribution < -0.4 is 10.2 Å². The highest BCUT2D eigenvalue weighted by molar-refractivity contribution is 6.63. The van der Waals surface area contributed by atoms with E-state index in [-0.39, 0.29) is 5.82 Å². The van der Waals surface area contributed by atoms with E-state index in [9.17, 15) is 4.39 Å². The first-order valence-corrected chi connectivity index (χ1v) is 8.92. The first-order valence-electron chi connectivity index (χ1n) is 8.92. The van der Waals surface area contributed by atoms with Gasteiger partial charge in [0.05, 0.1) is 24.9 Å². The molecule has 1 fully saturated rings. The van der Waals surface area contributed by atoms with E-state index in [1.807, 2.05) is 58.0 Å². The van der Waals surface area contributed by atoms with Gasteiger partial charge in [-0.2, -0.15) is 0 Å². The standard InChI is InChI=1S/C13H18BFO3.C8H10O/c1-12(2)13(3,4)18-14(17-12)10-8-9(15)6-7-11(10)16-5;1-9-7-8-5-3-2-4-6-8/h6-8H,1-5H3;2-6H,7H2,1H3. The lowest BCUT2D eigenvalue weighted by atomic mass is 9.78. The summed E-state index contributed by atoms with van der Waals surface area (Å²) in [7, 11) is 2.63. The maximum atomic E-state index is 13.4. The first-order chi connectivity index (χ1) is 12.7. The van der Waals surface area contributed by atoms with E-state index in [2.05, 4.69) is 0 Å². The van der Waals surface area contributed by atoms with Crippen molar-refractivity contribution in [1.82, 2.24) is 0 Å². The summed E-state index contributed by atoms with van der Waals surface area (Å²) in [5.74, 6) is 0.232. The van der Waals surface area contributed by atoms with E-state index in [1.165, 1.54) is 17.7 Å². The third kappa shape index (κ3) is 5.31. The van der Waals surface area contributed by atoms with Crippen molar-refractivity contribution in [3.8, 4) is 5.75 Å². The normalized spacial score (nSPS) is 17.2. The SMILES string of the molecule is COCc1ccccc1.COc1ccc(F)cc1B1OC(C)(C)C(C)(C)O1. The molecule has 4 nitrogen and oxygen atoms in total. The topological polar surface area (TPSA) is 36.9 Å². The van der Waals surface area contributed by atoms with Crippen molar-refractivity contribution in [3.63, 3.8) is 0 Å². The largest absolute Gasteiger partial charge is 0.498 e. The van der Waals surface area contributed by atoms with E-state index in [4.69, 9.17) is 18.8 Å². The summed E-state index contributed by atoms with van der Waals surface area (Å²) >= 11 is 0. The number of hydrogen-bond acceptors (Lipinski definition) is 4. The minimum absolute atomic E-state index is 0.333. The molecule has 0 radical (unpaired) electrons. The predicted molar refractivity (Wildman–Crippen MR) is 106 cm³/mol. The lowest BCUT2D eigenvalue weighted by Crippen LogP contribution is -2.41. The average Bonchev–Trinajstić information content (AvgIpc) is 2.84. The van der Waals surface area contributed by atoms with Crippen molar-refractivity contribution in [1.29, 1.82) is 0 Å². The van der Waals surface area contributed by atoms with Gasteiger partial charge in [0.1, 0.15) is 11.6 Å². The summed E-state index contributed by atoms with van der Waals surface area (Å²) < 4.78 is 35.3. The zero-order chi connectivity index (χ0) is 20.1. The molecule has 2 aromatic carbocycles. The zero-order valence-corrected chi connectivity index (χ0v) is 16.9. The number of halogens is 1. The van der Waals surface area contributed by atoms with Gasteiger partial charge < -0.3 is 18.8 Å². The van der Waals surface area contributed by atoms with Gasteiger partial charge in [0.2, 0.25) is 0 Å². The van der Waals surface area contributed by atoms with Crippen LogP contribution in [0.25, 0.3) is 0 Å². The summed E-state index contributed by atoms with van der Waals surface area (Å²) in [4.78, 5) is 0. The molecule has 0 aromatic heterocycles. The van der Waals surface area contributed by atoms with Gasteiger partial charge in [0.15, 0.2) is 0 Å². The van der Waals surface area contributed by atoms with Gasteiger partial charge in [-0.15, -0.1) is 0 Å². The molecule has 27 heavy (non-hydrogen) atoms. The molecule has 1 aliphatic rings. The van der Waals surface area contributed by atoms with Gasteiger partial charge in [0.25, 0.3) is 0 Å². The molecule has 0 bridgehead atoms.